The van der Waals surface area contributed by atoms with Crippen molar-refractivity contribution in [1.82, 2.24) is 0 Å². The van der Waals surface area contributed by atoms with E-state index in [1.54, 1.807) is 12.1 Å². The average molecular weight is 147 g/mol. The van der Waals surface area contributed by atoms with E-state index >= 15 is 0 Å². The maximum atomic E-state index is 10.0. The third-order valence-corrected chi connectivity index (χ3v) is 1.14. The van der Waals surface area contributed by atoms with Gasteiger partial charge in [-0.15, -0.1) is 0 Å². The van der Waals surface area contributed by atoms with Gasteiger partial charge in [-0.05, 0) is 18.2 Å². The first-order chi connectivity index (χ1) is 5.38. The minimum atomic E-state index is 0.241. The van der Waals surface area contributed by atoms with Gasteiger partial charge in [-0.3, -0.25) is 4.79 Å². The molecule has 3 heteroatoms. The summed E-state index contributed by atoms with van der Waals surface area (Å²) in [6, 6.07) is 5.12. The molecule has 1 rings (SSSR count). The summed E-state index contributed by atoms with van der Waals surface area (Å²) in [5.41, 5.74) is 0.241. The molecule has 0 amide bonds. The minimum Gasteiger partial charge on any atom is -0.464 e. The van der Waals surface area contributed by atoms with E-state index in [1.165, 1.54) is 12.3 Å². The summed E-state index contributed by atoms with van der Waals surface area (Å²) < 4.78 is 4.89. The van der Waals surface area contributed by atoms with Crippen LogP contribution in [0, 0.1) is 11.3 Å². The first kappa shape index (κ1) is 7.29. The Morgan fingerprint density at radius 1 is 1.73 bits per heavy atom. The Balaban J connectivity index is 3.00. The number of nitriles is 1. The molecule has 3 nitrogen and oxygen atoms in total. The van der Waals surface area contributed by atoms with Gasteiger partial charge in [-0.1, -0.05) is 0 Å². The first-order valence-electron chi connectivity index (χ1n) is 2.98. The zero-order valence-corrected chi connectivity index (χ0v) is 5.65. The quantitative estimate of drug-likeness (QED) is 0.360. The maximum absolute atomic E-state index is 10.0. The lowest BCUT2D eigenvalue weighted by Crippen LogP contribution is -1.76. The fourth-order valence-corrected chi connectivity index (χ4v) is 0.674. The van der Waals surface area contributed by atoms with Gasteiger partial charge in [-0.2, -0.15) is 5.26 Å². The molecule has 0 radical (unpaired) electrons. The molecule has 0 fully saturated rings. The second kappa shape index (κ2) is 3.37. The van der Waals surface area contributed by atoms with E-state index in [9.17, 15) is 4.79 Å². The predicted molar refractivity (Wildman–Crippen MR) is 38.4 cm³/mol. The van der Waals surface area contributed by atoms with Gasteiger partial charge < -0.3 is 4.42 Å². The van der Waals surface area contributed by atoms with Crippen molar-refractivity contribution in [3.8, 4) is 6.07 Å². The molecule has 0 spiro atoms. The number of carbonyl (C=O) groups is 1. The van der Waals surface area contributed by atoms with Crippen molar-refractivity contribution in [2.24, 2.45) is 0 Å². The molecule has 0 aromatic carbocycles. The molecule has 0 aliphatic rings. The summed E-state index contributed by atoms with van der Waals surface area (Å²) in [5.74, 6) is 0.416. The number of hydrogen-bond acceptors (Lipinski definition) is 3. The molecular weight excluding hydrogens is 142 g/mol. The van der Waals surface area contributed by atoms with Crippen LogP contribution < -0.4 is 0 Å². The normalized spacial score (nSPS) is 10.6. The van der Waals surface area contributed by atoms with Gasteiger partial charge in [0, 0.05) is 0 Å². The van der Waals surface area contributed by atoms with Crippen molar-refractivity contribution in [3.05, 3.63) is 30.2 Å². The van der Waals surface area contributed by atoms with Gasteiger partial charge in [0.15, 0.2) is 0 Å². The molecule has 1 heterocycles. The van der Waals surface area contributed by atoms with Gasteiger partial charge in [-0.25, -0.2) is 0 Å². The largest absolute Gasteiger partial charge is 0.464 e. The lowest BCUT2D eigenvalue weighted by molar-refractivity contribution is -0.104. The van der Waals surface area contributed by atoms with Crippen LogP contribution in [0.25, 0.3) is 5.57 Å². The van der Waals surface area contributed by atoms with Crippen LogP contribution in [0.1, 0.15) is 5.76 Å². The van der Waals surface area contributed by atoms with Crippen LogP contribution in [-0.4, -0.2) is 6.29 Å². The third kappa shape index (κ3) is 1.55. The Bertz CT molecular complexity index is 303. The first-order valence-corrected chi connectivity index (χ1v) is 2.98. The zero-order valence-electron chi connectivity index (χ0n) is 5.65. The van der Waals surface area contributed by atoms with Crippen molar-refractivity contribution < 1.29 is 9.21 Å². The number of aldehydes is 1. The van der Waals surface area contributed by atoms with Crippen LogP contribution >= 0.6 is 0 Å². The Kier molecular flexibility index (Phi) is 2.24. The smallest absolute Gasteiger partial charge is 0.144 e. The van der Waals surface area contributed by atoms with Crippen LogP contribution in [0.2, 0.25) is 0 Å². The van der Waals surface area contributed by atoms with Gasteiger partial charge in [0.1, 0.15) is 18.1 Å². The summed E-state index contributed by atoms with van der Waals surface area (Å²) in [6.07, 6.45) is 3.17. The molecule has 54 valence electrons. The lowest BCUT2D eigenvalue weighted by Gasteiger charge is -1.86. The molecule has 11 heavy (non-hydrogen) atoms. The molecule has 1 aromatic rings. The topological polar surface area (TPSA) is 54.0 Å². The molecule has 1 aromatic heterocycles. The van der Waals surface area contributed by atoms with E-state index in [4.69, 9.17) is 9.68 Å². The van der Waals surface area contributed by atoms with E-state index in [-0.39, 0.29) is 5.57 Å². The van der Waals surface area contributed by atoms with E-state index < -0.39 is 0 Å². The Hall–Kier alpha value is -1.82. The summed E-state index contributed by atoms with van der Waals surface area (Å²) in [4.78, 5) is 10.0. The second-order valence-corrected chi connectivity index (χ2v) is 1.81. The number of nitrogens with zero attached hydrogens (tertiary/aromatic N) is 1. The van der Waals surface area contributed by atoms with Gasteiger partial charge in [0.25, 0.3) is 0 Å². The highest BCUT2D eigenvalue weighted by Crippen LogP contribution is 2.12. The van der Waals surface area contributed by atoms with Crippen LogP contribution in [0.5, 0.6) is 0 Å². The molecule has 0 aliphatic carbocycles. The summed E-state index contributed by atoms with van der Waals surface area (Å²) in [6.45, 7) is 0. The van der Waals surface area contributed by atoms with E-state index in [2.05, 4.69) is 0 Å². The van der Waals surface area contributed by atoms with Crippen LogP contribution in [0.4, 0.5) is 0 Å². The molecular formula is C8H5NO2. The van der Waals surface area contributed by atoms with E-state index in [1.807, 2.05) is 6.07 Å². The van der Waals surface area contributed by atoms with E-state index in [0.717, 1.165) is 0 Å². The van der Waals surface area contributed by atoms with Crippen molar-refractivity contribution >= 4 is 11.9 Å². The SMILES string of the molecule is N#C/C(=C/C=O)c1ccco1. The van der Waals surface area contributed by atoms with Gasteiger partial charge in [0.2, 0.25) is 0 Å². The van der Waals surface area contributed by atoms with Crippen molar-refractivity contribution in [3.63, 3.8) is 0 Å². The van der Waals surface area contributed by atoms with Gasteiger partial charge >= 0.3 is 0 Å². The predicted octanol–water partition coefficient (Wildman–Crippen LogP) is 1.39. The van der Waals surface area contributed by atoms with Crippen LogP contribution in [0.15, 0.2) is 28.9 Å². The molecule has 0 saturated heterocycles. The number of furan rings is 1. The highest BCUT2D eigenvalue weighted by molar-refractivity contribution is 5.86. The van der Waals surface area contributed by atoms with Crippen molar-refractivity contribution in [2.45, 2.75) is 0 Å². The Morgan fingerprint density at radius 2 is 2.55 bits per heavy atom. The molecule has 0 bridgehead atoms. The standard InChI is InChI=1S/C8H5NO2/c9-6-7(3-4-10)8-2-1-5-11-8/h1-5H/b7-3-. The summed E-state index contributed by atoms with van der Waals surface area (Å²) in [7, 11) is 0. The molecule has 0 atom stereocenters. The number of carbonyl (C=O) groups excluding carboxylic acids is 1. The maximum Gasteiger partial charge on any atom is 0.144 e. The van der Waals surface area contributed by atoms with E-state index in [0.29, 0.717) is 12.0 Å². The van der Waals surface area contributed by atoms with Gasteiger partial charge in [0.05, 0.1) is 11.8 Å². The van der Waals surface area contributed by atoms with Crippen LogP contribution in [0.3, 0.4) is 0 Å². The summed E-state index contributed by atoms with van der Waals surface area (Å²) in [5, 5.41) is 8.49. The zero-order chi connectivity index (χ0) is 8.10. The molecule has 0 aliphatic heterocycles. The molecule has 0 unspecified atom stereocenters. The third-order valence-electron chi connectivity index (χ3n) is 1.14. The highest BCUT2D eigenvalue weighted by atomic mass is 16.3. The monoisotopic (exact) mass is 147 g/mol. The minimum absolute atomic E-state index is 0.241. The lowest BCUT2D eigenvalue weighted by atomic mass is 10.2. The number of hydrogen-bond donors (Lipinski definition) is 0. The fourth-order valence-electron chi connectivity index (χ4n) is 0.674. The number of allylic oxidation sites excluding steroid dienone is 2. The highest BCUT2D eigenvalue weighted by Gasteiger charge is 2.00. The second-order valence-electron chi connectivity index (χ2n) is 1.81. The Morgan fingerprint density at radius 3 is 3.00 bits per heavy atom. The number of rotatable bonds is 2. The van der Waals surface area contributed by atoms with Crippen LogP contribution in [-0.2, 0) is 4.79 Å². The fraction of sp³-hybridized carbons (Fsp3) is 0. The molecule has 0 saturated carbocycles. The van der Waals surface area contributed by atoms with Crippen molar-refractivity contribution in [1.29, 1.82) is 5.26 Å². The Labute approximate surface area is 63.5 Å². The molecule has 0 N–H and O–H groups in total. The summed E-state index contributed by atoms with van der Waals surface area (Å²) >= 11 is 0. The van der Waals surface area contributed by atoms with Crippen molar-refractivity contribution in [2.75, 3.05) is 0 Å². The average Bonchev–Trinajstić information content (AvgIpc) is 2.52.